The molecule has 0 N–H and O–H groups in total. The molecule has 0 aliphatic carbocycles. The summed E-state index contributed by atoms with van der Waals surface area (Å²) in [7, 11) is 0. The first kappa shape index (κ1) is 25.7. The number of hydrogen-bond donors (Lipinski definition) is 0. The van der Waals surface area contributed by atoms with Crippen molar-refractivity contribution in [3.63, 3.8) is 0 Å². The van der Waals surface area contributed by atoms with Crippen LogP contribution in [-0.2, 0) is 6.42 Å². The van der Waals surface area contributed by atoms with Gasteiger partial charge in [-0.3, -0.25) is 0 Å². The molecule has 0 bridgehead atoms. The predicted octanol–water partition coefficient (Wildman–Crippen LogP) is 7.98. The largest absolute Gasteiger partial charge is 0.206 e. The van der Waals surface area contributed by atoms with Crippen LogP contribution < -0.4 is 0 Å². The van der Waals surface area contributed by atoms with Crippen molar-refractivity contribution >= 4 is 10.8 Å². The second kappa shape index (κ2) is 11.1. The summed E-state index contributed by atoms with van der Waals surface area (Å²) in [5, 5.41) is -0.0997. The minimum Gasteiger partial charge on any atom is -0.206 e. The minimum absolute atomic E-state index is 0.00390. The summed E-state index contributed by atoms with van der Waals surface area (Å²) in [6, 6.07) is 11.3. The summed E-state index contributed by atoms with van der Waals surface area (Å²) in [6.07, 6.45) is 5.36. The molecule has 0 spiro atoms. The standard InChI is InChI=1S/C31H18F6/c1-2-3-4-5-19-6-10-22(26(32)15-19)11-7-21-16-27(33)25(28(34)17-21)13-9-20-8-12-24-23(14-20)18-29(35)31(37)30(24)36/h2-3,6,8,10,12,14-18H,4-5H2,1H3/b3-2+. The predicted molar refractivity (Wildman–Crippen MR) is 132 cm³/mol. The third kappa shape index (κ3) is 5.88. The van der Waals surface area contributed by atoms with E-state index in [2.05, 4.69) is 23.7 Å². The first-order chi connectivity index (χ1) is 17.8. The Labute approximate surface area is 210 Å². The lowest BCUT2D eigenvalue weighted by Gasteiger charge is -2.03. The summed E-state index contributed by atoms with van der Waals surface area (Å²) in [4.78, 5) is 0. The average molecular weight is 504 g/mol. The summed E-state index contributed by atoms with van der Waals surface area (Å²) in [5.74, 6) is 3.31. The van der Waals surface area contributed by atoms with Gasteiger partial charge in [0, 0.05) is 16.5 Å². The third-order valence-corrected chi connectivity index (χ3v) is 5.56. The fourth-order valence-corrected chi connectivity index (χ4v) is 3.65. The van der Waals surface area contributed by atoms with Crippen LogP contribution in [0.3, 0.4) is 0 Å². The van der Waals surface area contributed by atoms with E-state index in [1.165, 1.54) is 30.3 Å². The van der Waals surface area contributed by atoms with Crippen LogP contribution >= 0.6 is 0 Å². The number of halogens is 6. The van der Waals surface area contributed by atoms with E-state index in [9.17, 15) is 26.3 Å². The first-order valence-electron chi connectivity index (χ1n) is 11.3. The molecular weight excluding hydrogens is 486 g/mol. The van der Waals surface area contributed by atoms with Crippen LogP contribution in [0, 0.1) is 58.6 Å². The van der Waals surface area contributed by atoms with Crippen LogP contribution in [0.15, 0.2) is 66.7 Å². The van der Waals surface area contributed by atoms with Gasteiger partial charge in [-0.05, 0) is 73.2 Å². The quantitative estimate of drug-likeness (QED) is 0.115. The van der Waals surface area contributed by atoms with E-state index in [1.54, 1.807) is 6.07 Å². The number of rotatable bonds is 3. The summed E-state index contributed by atoms with van der Waals surface area (Å²) >= 11 is 0. The molecule has 0 aliphatic rings. The van der Waals surface area contributed by atoms with E-state index in [4.69, 9.17) is 0 Å². The van der Waals surface area contributed by atoms with Crippen molar-refractivity contribution in [2.45, 2.75) is 19.8 Å². The van der Waals surface area contributed by atoms with Crippen molar-refractivity contribution in [1.82, 2.24) is 0 Å². The minimum atomic E-state index is -1.58. The van der Waals surface area contributed by atoms with Crippen molar-refractivity contribution in [2.75, 3.05) is 0 Å². The maximum Gasteiger partial charge on any atom is 0.195 e. The monoisotopic (exact) mass is 504 g/mol. The van der Waals surface area contributed by atoms with E-state index < -0.39 is 40.5 Å². The van der Waals surface area contributed by atoms with E-state index in [-0.39, 0.29) is 27.5 Å². The van der Waals surface area contributed by atoms with E-state index in [0.717, 1.165) is 30.2 Å². The normalized spacial score (nSPS) is 10.8. The number of aryl methyl sites for hydroxylation is 1. The molecule has 0 saturated carbocycles. The highest BCUT2D eigenvalue weighted by molar-refractivity contribution is 5.84. The highest BCUT2D eigenvalue weighted by Gasteiger charge is 2.13. The number of hydrogen-bond acceptors (Lipinski definition) is 0. The van der Waals surface area contributed by atoms with Crippen LogP contribution in [0.4, 0.5) is 26.3 Å². The van der Waals surface area contributed by atoms with Crippen molar-refractivity contribution in [3.8, 4) is 23.7 Å². The second-order valence-corrected chi connectivity index (χ2v) is 8.16. The Morgan fingerprint density at radius 3 is 2.08 bits per heavy atom. The van der Waals surface area contributed by atoms with E-state index in [0.29, 0.717) is 6.42 Å². The van der Waals surface area contributed by atoms with Crippen LogP contribution in [0.2, 0.25) is 0 Å². The Morgan fingerprint density at radius 1 is 0.649 bits per heavy atom. The highest BCUT2D eigenvalue weighted by Crippen LogP contribution is 2.24. The molecule has 0 aliphatic heterocycles. The third-order valence-electron chi connectivity index (χ3n) is 5.56. The van der Waals surface area contributed by atoms with Gasteiger partial charge < -0.3 is 0 Å². The molecule has 0 radical (unpaired) electrons. The first-order valence-corrected chi connectivity index (χ1v) is 11.3. The summed E-state index contributed by atoms with van der Waals surface area (Å²) in [5.41, 5.74) is 0.596. The fraction of sp³-hybridized carbons (Fsp3) is 0.0968. The van der Waals surface area contributed by atoms with Crippen molar-refractivity contribution in [1.29, 1.82) is 0 Å². The second-order valence-electron chi connectivity index (χ2n) is 8.16. The number of benzene rings is 4. The van der Waals surface area contributed by atoms with Crippen LogP contribution in [0.1, 0.15) is 41.2 Å². The maximum atomic E-state index is 14.6. The van der Waals surface area contributed by atoms with Gasteiger partial charge in [0.25, 0.3) is 0 Å². The van der Waals surface area contributed by atoms with Gasteiger partial charge >= 0.3 is 0 Å². The molecule has 4 aromatic rings. The Kier molecular flexibility index (Phi) is 7.70. The van der Waals surface area contributed by atoms with Gasteiger partial charge in [-0.25, -0.2) is 26.3 Å². The van der Waals surface area contributed by atoms with E-state index >= 15 is 0 Å². The molecule has 37 heavy (non-hydrogen) atoms. The lowest BCUT2D eigenvalue weighted by molar-refractivity contribution is 0.453. The molecule has 4 aromatic carbocycles. The van der Waals surface area contributed by atoms with Crippen molar-refractivity contribution in [2.24, 2.45) is 0 Å². The lowest BCUT2D eigenvalue weighted by atomic mass is 10.0. The van der Waals surface area contributed by atoms with Crippen LogP contribution in [0.25, 0.3) is 10.8 Å². The average Bonchev–Trinajstić information content (AvgIpc) is 2.86. The Bertz CT molecular complexity index is 1640. The van der Waals surface area contributed by atoms with Crippen LogP contribution in [-0.4, -0.2) is 0 Å². The topological polar surface area (TPSA) is 0 Å². The summed E-state index contributed by atoms with van der Waals surface area (Å²) < 4.78 is 84.3. The van der Waals surface area contributed by atoms with Gasteiger partial charge in [-0.15, -0.1) is 0 Å². The van der Waals surface area contributed by atoms with E-state index in [1.807, 2.05) is 19.1 Å². The molecule has 4 rings (SSSR count). The molecule has 0 saturated heterocycles. The Morgan fingerprint density at radius 2 is 1.38 bits per heavy atom. The molecule has 184 valence electrons. The molecule has 0 fully saturated rings. The fourth-order valence-electron chi connectivity index (χ4n) is 3.65. The van der Waals surface area contributed by atoms with Gasteiger partial charge in [0.1, 0.15) is 17.5 Å². The Balaban J connectivity index is 1.57. The van der Waals surface area contributed by atoms with Crippen molar-refractivity contribution < 1.29 is 26.3 Å². The molecule has 0 atom stereocenters. The molecule has 6 heteroatoms. The van der Waals surface area contributed by atoms with Crippen LogP contribution in [0.5, 0.6) is 0 Å². The zero-order valence-electron chi connectivity index (χ0n) is 19.5. The number of allylic oxidation sites excluding steroid dienone is 2. The molecule has 0 nitrogen and oxygen atoms in total. The smallest absolute Gasteiger partial charge is 0.195 e. The Hall–Kier alpha value is -4.42. The molecule has 0 aromatic heterocycles. The summed E-state index contributed by atoms with van der Waals surface area (Å²) in [6.45, 7) is 1.91. The molecular formula is C31H18F6. The molecule has 0 unspecified atom stereocenters. The molecule has 0 amide bonds. The molecule has 0 heterocycles. The number of fused-ring (bicyclic) bond motifs is 1. The maximum absolute atomic E-state index is 14.6. The van der Waals surface area contributed by atoms with Gasteiger partial charge in [0.05, 0.1) is 11.1 Å². The zero-order valence-corrected chi connectivity index (χ0v) is 19.5. The SMILES string of the molecule is C/C=C/CCc1ccc(C#Cc2cc(F)c(C#Cc3ccc4c(F)c(F)c(F)cc4c3)c(F)c2)c(F)c1. The van der Waals surface area contributed by atoms with Gasteiger partial charge in [0.2, 0.25) is 0 Å². The van der Waals surface area contributed by atoms with Gasteiger partial charge in [-0.2, -0.15) is 0 Å². The van der Waals surface area contributed by atoms with Gasteiger partial charge in [0.15, 0.2) is 17.5 Å². The van der Waals surface area contributed by atoms with Gasteiger partial charge in [-0.1, -0.05) is 48.0 Å². The zero-order chi connectivity index (χ0) is 26.5. The van der Waals surface area contributed by atoms with Crippen molar-refractivity contribution in [3.05, 3.63) is 129 Å². The highest BCUT2D eigenvalue weighted by atomic mass is 19.2. The lowest BCUT2D eigenvalue weighted by Crippen LogP contribution is -1.94.